The summed E-state index contributed by atoms with van der Waals surface area (Å²) in [6.45, 7) is 7.46. The fraction of sp³-hybridized carbons (Fsp3) is 0.571. The quantitative estimate of drug-likeness (QED) is 0.833. The number of anilines is 1. The Labute approximate surface area is 115 Å². The van der Waals surface area contributed by atoms with E-state index in [9.17, 15) is 8.42 Å². The van der Waals surface area contributed by atoms with Crippen molar-refractivity contribution in [3.63, 3.8) is 0 Å². The first-order valence-electron chi connectivity index (χ1n) is 6.54. The number of sulfonamides is 1. The third kappa shape index (κ3) is 2.92. The topological polar surface area (TPSA) is 72.2 Å². The first-order valence-corrected chi connectivity index (χ1v) is 8.02. The van der Waals surface area contributed by atoms with Crippen LogP contribution in [0, 0.1) is 19.8 Å². The van der Waals surface area contributed by atoms with Crippen LogP contribution in [0.25, 0.3) is 0 Å². The molecule has 1 aromatic rings. The fourth-order valence-electron chi connectivity index (χ4n) is 2.69. The van der Waals surface area contributed by atoms with Crippen LogP contribution in [0.4, 0.5) is 5.69 Å². The fourth-order valence-corrected chi connectivity index (χ4v) is 4.62. The summed E-state index contributed by atoms with van der Waals surface area (Å²) in [6.07, 6.45) is 2.18. The van der Waals surface area contributed by atoms with Crippen molar-refractivity contribution in [1.29, 1.82) is 0 Å². The highest BCUT2D eigenvalue weighted by Crippen LogP contribution is 2.40. The molecule has 3 N–H and O–H groups in total. The van der Waals surface area contributed by atoms with E-state index < -0.39 is 10.0 Å². The van der Waals surface area contributed by atoms with Gasteiger partial charge in [0.1, 0.15) is 0 Å². The molecule has 0 aliphatic heterocycles. The highest BCUT2D eigenvalue weighted by atomic mass is 32.2. The lowest BCUT2D eigenvalue weighted by Crippen LogP contribution is -2.45. The number of rotatable bonds is 4. The Hall–Kier alpha value is -1.07. The van der Waals surface area contributed by atoms with Gasteiger partial charge in [0.05, 0.1) is 4.90 Å². The maximum Gasteiger partial charge on any atom is 0.241 e. The Morgan fingerprint density at radius 1 is 1.21 bits per heavy atom. The van der Waals surface area contributed by atoms with Crippen LogP contribution in [0.1, 0.15) is 37.8 Å². The van der Waals surface area contributed by atoms with Gasteiger partial charge in [0, 0.05) is 11.2 Å². The van der Waals surface area contributed by atoms with Gasteiger partial charge in [0.25, 0.3) is 0 Å². The number of nitrogens with one attached hydrogen (secondary N) is 1. The molecular weight excluding hydrogens is 260 g/mol. The summed E-state index contributed by atoms with van der Waals surface area (Å²) >= 11 is 0. The normalized spacial score (nSPS) is 16.6. The number of nitrogen functional groups attached to an aromatic ring is 1. The molecule has 0 radical (unpaired) electrons. The number of hydrogen-bond donors (Lipinski definition) is 2. The maximum absolute atomic E-state index is 12.6. The molecule has 0 aromatic heterocycles. The zero-order valence-corrected chi connectivity index (χ0v) is 12.8. The molecule has 1 aliphatic carbocycles. The molecule has 0 amide bonds. The molecule has 4 nitrogen and oxygen atoms in total. The van der Waals surface area contributed by atoms with Crippen molar-refractivity contribution in [2.45, 2.75) is 51.0 Å². The molecule has 1 saturated carbocycles. The molecule has 1 fully saturated rings. The van der Waals surface area contributed by atoms with Crippen molar-refractivity contribution in [3.05, 3.63) is 23.3 Å². The lowest BCUT2D eigenvalue weighted by atomic mass is 10.0. The summed E-state index contributed by atoms with van der Waals surface area (Å²) in [6, 6.07) is 3.40. The zero-order valence-electron chi connectivity index (χ0n) is 11.9. The van der Waals surface area contributed by atoms with E-state index >= 15 is 0 Å². The van der Waals surface area contributed by atoms with Crippen LogP contribution in [0.5, 0.6) is 0 Å². The van der Waals surface area contributed by atoms with Gasteiger partial charge < -0.3 is 5.73 Å². The predicted molar refractivity (Wildman–Crippen MR) is 77.5 cm³/mol. The minimum Gasteiger partial charge on any atom is -0.399 e. The summed E-state index contributed by atoms with van der Waals surface area (Å²) in [7, 11) is -3.51. The third-order valence-electron chi connectivity index (χ3n) is 3.75. The molecule has 0 saturated heterocycles. The SMILES string of the molecule is Cc1cc(N)cc(C)c1S(=O)(=O)NC(C)(C)C1CC1. The van der Waals surface area contributed by atoms with E-state index in [1.165, 1.54) is 0 Å². The van der Waals surface area contributed by atoms with Crippen LogP contribution in [0.2, 0.25) is 0 Å². The highest BCUT2D eigenvalue weighted by molar-refractivity contribution is 7.89. The highest BCUT2D eigenvalue weighted by Gasteiger charge is 2.41. The number of aryl methyl sites for hydroxylation is 2. The van der Waals surface area contributed by atoms with Crippen LogP contribution in [0.15, 0.2) is 17.0 Å². The molecular formula is C14H22N2O2S. The van der Waals surface area contributed by atoms with Crippen LogP contribution < -0.4 is 10.5 Å². The summed E-state index contributed by atoms with van der Waals surface area (Å²) in [5.41, 5.74) is 7.33. The van der Waals surface area contributed by atoms with E-state index in [-0.39, 0.29) is 5.54 Å². The third-order valence-corrected chi connectivity index (χ3v) is 5.72. The smallest absolute Gasteiger partial charge is 0.241 e. The second-order valence-corrected chi connectivity index (χ2v) is 7.70. The van der Waals surface area contributed by atoms with Gasteiger partial charge in [0.15, 0.2) is 0 Å². The Bertz CT molecular complexity index is 579. The van der Waals surface area contributed by atoms with Crippen molar-refractivity contribution < 1.29 is 8.42 Å². The van der Waals surface area contributed by atoms with Crippen molar-refractivity contribution >= 4 is 15.7 Å². The zero-order chi connectivity index (χ0) is 14.4. The first-order chi connectivity index (χ1) is 8.63. The van der Waals surface area contributed by atoms with Gasteiger partial charge in [0.2, 0.25) is 10.0 Å². The average molecular weight is 282 g/mol. The molecule has 1 aliphatic rings. The van der Waals surface area contributed by atoms with Crippen molar-refractivity contribution in [3.8, 4) is 0 Å². The molecule has 0 spiro atoms. The minimum absolute atomic E-state index is 0.357. The first kappa shape index (κ1) is 14.3. The second-order valence-electron chi connectivity index (χ2n) is 6.09. The van der Waals surface area contributed by atoms with Gasteiger partial charge in [-0.25, -0.2) is 13.1 Å². The minimum atomic E-state index is -3.51. The Kier molecular flexibility index (Phi) is 3.39. The van der Waals surface area contributed by atoms with Crippen molar-refractivity contribution in [2.24, 2.45) is 5.92 Å². The van der Waals surface area contributed by atoms with Gasteiger partial charge in [-0.05, 0) is 69.7 Å². The van der Waals surface area contributed by atoms with Crippen molar-refractivity contribution in [1.82, 2.24) is 4.72 Å². The molecule has 0 heterocycles. The standard InChI is InChI=1S/C14H22N2O2S/c1-9-7-12(15)8-10(2)13(9)19(17,18)16-14(3,4)11-5-6-11/h7-8,11,16H,5-6,15H2,1-4H3. The van der Waals surface area contributed by atoms with Gasteiger partial charge in [-0.3, -0.25) is 0 Å². The van der Waals surface area contributed by atoms with Crippen LogP contribution in [-0.4, -0.2) is 14.0 Å². The number of nitrogens with two attached hydrogens (primary N) is 1. The van der Waals surface area contributed by atoms with Crippen molar-refractivity contribution in [2.75, 3.05) is 5.73 Å². The van der Waals surface area contributed by atoms with E-state index in [2.05, 4.69) is 4.72 Å². The molecule has 2 rings (SSSR count). The lowest BCUT2D eigenvalue weighted by molar-refractivity contribution is 0.400. The second kappa shape index (κ2) is 4.49. The van der Waals surface area contributed by atoms with Gasteiger partial charge in [-0.15, -0.1) is 0 Å². The van der Waals surface area contributed by atoms with Gasteiger partial charge in [-0.1, -0.05) is 0 Å². The molecule has 5 heteroatoms. The molecule has 1 aromatic carbocycles. The molecule has 0 unspecified atom stereocenters. The van der Waals surface area contributed by atoms with Gasteiger partial charge in [-0.2, -0.15) is 0 Å². The van der Waals surface area contributed by atoms with Crippen LogP contribution in [-0.2, 0) is 10.0 Å². The average Bonchev–Trinajstić information content (AvgIpc) is 2.94. The van der Waals surface area contributed by atoms with Gasteiger partial charge >= 0.3 is 0 Å². The largest absolute Gasteiger partial charge is 0.399 e. The van der Waals surface area contributed by atoms with E-state index in [0.717, 1.165) is 12.8 Å². The van der Waals surface area contributed by atoms with E-state index in [1.807, 2.05) is 13.8 Å². The Balaban J connectivity index is 2.40. The van der Waals surface area contributed by atoms with E-state index in [0.29, 0.717) is 27.6 Å². The molecule has 0 atom stereocenters. The van der Waals surface area contributed by atoms with E-state index in [1.54, 1.807) is 26.0 Å². The predicted octanol–water partition coefficient (Wildman–Crippen LogP) is 2.35. The summed E-state index contributed by atoms with van der Waals surface area (Å²) in [5, 5.41) is 0. The summed E-state index contributed by atoms with van der Waals surface area (Å²) in [5.74, 6) is 0.441. The lowest BCUT2D eigenvalue weighted by Gasteiger charge is -2.26. The summed E-state index contributed by atoms with van der Waals surface area (Å²) in [4.78, 5) is 0.357. The monoisotopic (exact) mass is 282 g/mol. The molecule has 19 heavy (non-hydrogen) atoms. The summed E-state index contributed by atoms with van der Waals surface area (Å²) < 4.78 is 28.0. The van der Waals surface area contributed by atoms with Crippen LogP contribution in [0.3, 0.4) is 0 Å². The Morgan fingerprint density at radius 2 is 1.68 bits per heavy atom. The number of hydrogen-bond acceptors (Lipinski definition) is 3. The molecule has 0 bridgehead atoms. The molecule has 106 valence electrons. The number of benzene rings is 1. The van der Waals surface area contributed by atoms with Crippen LogP contribution >= 0.6 is 0 Å². The van der Waals surface area contributed by atoms with E-state index in [4.69, 9.17) is 5.73 Å². The maximum atomic E-state index is 12.6. The Morgan fingerprint density at radius 3 is 2.11 bits per heavy atom.